The van der Waals surface area contributed by atoms with E-state index < -0.39 is 11.8 Å². The maximum absolute atomic E-state index is 13.9. The Labute approximate surface area is 108 Å². The lowest BCUT2D eigenvalue weighted by Gasteiger charge is -2.04. The van der Waals surface area contributed by atoms with Crippen LogP contribution in [0.5, 0.6) is 0 Å². The molecular weight excluding hydrogens is 251 g/mol. The van der Waals surface area contributed by atoms with Crippen LogP contribution in [-0.2, 0) is 0 Å². The van der Waals surface area contributed by atoms with Crippen molar-refractivity contribution in [1.29, 1.82) is 0 Å². The normalized spacial score (nSPS) is 10.5. The summed E-state index contributed by atoms with van der Waals surface area (Å²) in [4.78, 5) is 22.0. The summed E-state index contributed by atoms with van der Waals surface area (Å²) in [7, 11) is 0. The maximum Gasteiger partial charge on any atom is 0.339 e. The van der Waals surface area contributed by atoms with Gasteiger partial charge >= 0.3 is 5.97 Å². The molecule has 0 fully saturated rings. The number of aromatic carboxylic acids is 1. The molecule has 5 nitrogen and oxygen atoms in total. The number of nitrogens with zero attached hydrogens (tertiary/aromatic N) is 2. The summed E-state index contributed by atoms with van der Waals surface area (Å²) in [5, 5.41) is 12.9. The Morgan fingerprint density at radius 2 is 2.05 bits per heavy atom. The molecule has 0 unspecified atom stereocenters. The average Bonchev–Trinajstić information content (AvgIpc) is 2.71. The monoisotopic (exact) mass is 262 g/mol. The molecule has 0 saturated heterocycles. The Kier molecular flexibility index (Phi) is 3.16. The zero-order valence-electron chi connectivity index (χ0n) is 10.3. The van der Waals surface area contributed by atoms with Crippen molar-refractivity contribution in [2.75, 3.05) is 0 Å². The summed E-state index contributed by atoms with van der Waals surface area (Å²) in [5.41, 5.74) is 0.654. The second kappa shape index (κ2) is 4.64. The van der Waals surface area contributed by atoms with Crippen LogP contribution >= 0.6 is 0 Å². The Balaban J connectivity index is 2.50. The van der Waals surface area contributed by atoms with E-state index in [0.717, 1.165) is 10.7 Å². The van der Waals surface area contributed by atoms with E-state index in [1.54, 1.807) is 0 Å². The number of benzene rings is 1. The highest BCUT2D eigenvalue weighted by Gasteiger charge is 2.15. The van der Waals surface area contributed by atoms with E-state index >= 15 is 0 Å². The molecule has 0 atom stereocenters. The summed E-state index contributed by atoms with van der Waals surface area (Å²) < 4.78 is 15.0. The second-order valence-electron chi connectivity index (χ2n) is 4.10. The van der Waals surface area contributed by atoms with Crippen molar-refractivity contribution < 1.29 is 19.1 Å². The van der Waals surface area contributed by atoms with E-state index in [9.17, 15) is 14.0 Å². The maximum atomic E-state index is 13.9. The molecule has 19 heavy (non-hydrogen) atoms. The van der Waals surface area contributed by atoms with Gasteiger partial charge in [-0.1, -0.05) is 0 Å². The first-order chi connectivity index (χ1) is 8.90. The predicted molar refractivity (Wildman–Crippen MR) is 65.2 cm³/mol. The molecule has 0 aliphatic rings. The molecule has 1 aromatic heterocycles. The van der Waals surface area contributed by atoms with Crippen LogP contribution < -0.4 is 0 Å². The highest BCUT2D eigenvalue weighted by atomic mass is 19.1. The van der Waals surface area contributed by atoms with Crippen molar-refractivity contribution in [3.05, 3.63) is 47.0 Å². The molecular formula is C13H11FN2O3. The summed E-state index contributed by atoms with van der Waals surface area (Å²) in [6, 6.07) is 3.97. The highest BCUT2D eigenvalue weighted by molar-refractivity contribution is 5.94. The lowest BCUT2D eigenvalue weighted by Crippen LogP contribution is -2.01. The number of aryl methyl sites for hydroxylation is 1. The molecule has 1 N–H and O–H groups in total. The molecule has 1 heterocycles. The van der Waals surface area contributed by atoms with Crippen LogP contribution in [0.25, 0.3) is 5.69 Å². The molecule has 0 spiro atoms. The number of aromatic nitrogens is 2. The molecule has 0 saturated carbocycles. The number of ketones is 1. The summed E-state index contributed by atoms with van der Waals surface area (Å²) in [5.74, 6) is -2.00. The predicted octanol–water partition coefficient (Wildman–Crippen LogP) is 2.22. The highest BCUT2D eigenvalue weighted by Crippen LogP contribution is 2.17. The van der Waals surface area contributed by atoms with Gasteiger partial charge in [-0.05, 0) is 32.0 Å². The zero-order chi connectivity index (χ0) is 14.2. The van der Waals surface area contributed by atoms with Gasteiger partial charge in [-0.2, -0.15) is 5.10 Å². The van der Waals surface area contributed by atoms with Gasteiger partial charge in [0.15, 0.2) is 5.78 Å². The third-order valence-electron chi connectivity index (χ3n) is 2.73. The van der Waals surface area contributed by atoms with Crippen LogP contribution in [0, 0.1) is 12.7 Å². The fraction of sp³-hybridized carbons (Fsp3) is 0.154. The largest absolute Gasteiger partial charge is 0.478 e. The van der Waals surface area contributed by atoms with Gasteiger partial charge in [0.05, 0.1) is 5.69 Å². The number of hydrogen-bond acceptors (Lipinski definition) is 3. The number of carboxylic acid groups (broad SMARTS) is 1. The van der Waals surface area contributed by atoms with Crippen molar-refractivity contribution >= 4 is 11.8 Å². The Morgan fingerprint density at radius 3 is 2.53 bits per heavy atom. The van der Waals surface area contributed by atoms with Gasteiger partial charge in [-0.25, -0.2) is 13.9 Å². The lowest BCUT2D eigenvalue weighted by atomic mass is 10.1. The van der Waals surface area contributed by atoms with Crippen LogP contribution in [0.4, 0.5) is 4.39 Å². The minimum atomic E-state index is -1.12. The first-order valence-electron chi connectivity index (χ1n) is 5.50. The van der Waals surface area contributed by atoms with Crippen molar-refractivity contribution in [3.63, 3.8) is 0 Å². The molecule has 0 aliphatic carbocycles. The Bertz CT molecular complexity index is 677. The van der Waals surface area contributed by atoms with E-state index in [0.29, 0.717) is 5.69 Å². The van der Waals surface area contributed by atoms with E-state index in [-0.39, 0.29) is 22.6 Å². The van der Waals surface area contributed by atoms with Crippen molar-refractivity contribution in [1.82, 2.24) is 9.78 Å². The number of Topliss-reactive ketones (excluding diaryl/α,β-unsaturated/α-hetero) is 1. The Hall–Kier alpha value is -2.50. The zero-order valence-corrected chi connectivity index (χ0v) is 10.3. The molecule has 0 aliphatic heterocycles. The lowest BCUT2D eigenvalue weighted by molar-refractivity contribution is 0.0696. The molecule has 1 aromatic carbocycles. The van der Waals surface area contributed by atoms with Gasteiger partial charge in [0.1, 0.15) is 17.1 Å². The minimum Gasteiger partial charge on any atom is -0.478 e. The first kappa shape index (κ1) is 12.9. The molecule has 2 rings (SSSR count). The van der Waals surface area contributed by atoms with Gasteiger partial charge in [-0.15, -0.1) is 0 Å². The van der Waals surface area contributed by atoms with Crippen molar-refractivity contribution in [3.8, 4) is 5.69 Å². The SMILES string of the molecule is CC(=O)c1ccc(-n2cc(C(=O)O)c(C)n2)c(F)c1. The van der Waals surface area contributed by atoms with Gasteiger partial charge < -0.3 is 5.11 Å². The molecule has 98 valence electrons. The van der Waals surface area contributed by atoms with E-state index in [1.165, 1.54) is 32.2 Å². The minimum absolute atomic E-state index is 0.00930. The third-order valence-corrected chi connectivity index (χ3v) is 2.73. The van der Waals surface area contributed by atoms with Gasteiger partial charge in [0.25, 0.3) is 0 Å². The average molecular weight is 262 g/mol. The van der Waals surface area contributed by atoms with Gasteiger partial charge in [-0.3, -0.25) is 4.79 Å². The van der Waals surface area contributed by atoms with Crippen LogP contribution in [0.2, 0.25) is 0 Å². The number of hydrogen-bond donors (Lipinski definition) is 1. The standard InChI is InChI=1S/C13H11FN2O3/c1-7-10(13(18)19)6-16(15-7)12-4-3-9(8(2)17)5-11(12)14/h3-6H,1-2H3,(H,18,19). The Morgan fingerprint density at radius 1 is 1.37 bits per heavy atom. The van der Waals surface area contributed by atoms with Crippen LogP contribution in [0.1, 0.15) is 33.3 Å². The summed E-state index contributed by atoms with van der Waals surface area (Å²) in [6.07, 6.45) is 1.24. The fourth-order valence-electron chi connectivity index (χ4n) is 1.71. The summed E-state index contributed by atoms with van der Waals surface area (Å²) >= 11 is 0. The van der Waals surface area contributed by atoms with E-state index in [1.807, 2.05) is 0 Å². The van der Waals surface area contributed by atoms with Gasteiger partial charge in [0.2, 0.25) is 0 Å². The van der Waals surface area contributed by atoms with Crippen molar-refractivity contribution in [2.24, 2.45) is 0 Å². The number of carbonyl (C=O) groups excluding carboxylic acids is 1. The molecule has 2 aromatic rings. The van der Waals surface area contributed by atoms with Gasteiger partial charge in [0, 0.05) is 11.8 Å². The second-order valence-corrected chi connectivity index (χ2v) is 4.10. The van der Waals surface area contributed by atoms with E-state index in [4.69, 9.17) is 5.11 Å². The number of carbonyl (C=O) groups is 2. The first-order valence-corrected chi connectivity index (χ1v) is 5.50. The van der Waals surface area contributed by atoms with E-state index in [2.05, 4.69) is 5.10 Å². The van der Waals surface area contributed by atoms with Crippen LogP contribution in [0.3, 0.4) is 0 Å². The molecule has 0 bridgehead atoms. The topological polar surface area (TPSA) is 72.2 Å². The van der Waals surface area contributed by atoms with Crippen molar-refractivity contribution in [2.45, 2.75) is 13.8 Å². The number of rotatable bonds is 3. The fourth-order valence-corrected chi connectivity index (χ4v) is 1.71. The molecule has 6 heteroatoms. The number of halogens is 1. The smallest absolute Gasteiger partial charge is 0.339 e. The summed E-state index contributed by atoms with van der Waals surface area (Å²) in [6.45, 7) is 2.87. The third kappa shape index (κ3) is 2.37. The molecule has 0 radical (unpaired) electrons. The molecule has 0 amide bonds. The van der Waals surface area contributed by atoms with Crippen LogP contribution in [-0.4, -0.2) is 26.6 Å². The number of carboxylic acids is 1. The quantitative estimate of drug-likeness (QED) is 0.861. The van der Waals surface area contributed by atoms with Crippen LogP contribution in [0.15, 0.2) is 24.4 Å².